The van der Waals surface area contributed by atoms with Crippen molar-refractivity contribution in [2.75, 3.05) is 0 Å². The number of fused-ring (bicyclic) bond motifs is 1. The van der Waals surface area contributed by atoms with Crippen LogP contribution in [0.3, 0.4) is 0 Å². The molecule has 0 spiro atoms. The molecule has 0 N–H and O–H groups in total. The number of carbonyl (C=O) groups is 1. The van der Waals surface area contributed by atoms with Crippen molar-refractivity contribution in [3.8, 4) is 11.5 Å². The Labute approximate surface area is 126 Å². The van der Waals surface area contributed by atoms with Crippen LogP contribution in [0.25, 0.3) is 0 Å². The fourth-order valence-electron chi connectivity index (χ4n) is 2.57. The van der Waals surface area contributed by atoms with E-state index in [-0.39, 0.29) is 0 Å². The molecule has 0 aliphatic heterocycles. The van der Waals surface area contributed by atoms with Gasteiger partial charge in [0.2, 0.25) is 0 Å². The maximum atomic E-state index is 10.7. The first-order valence-corrected chi connectivity index (χ1v) is 7.60. The summed E-state index contributed by atoms with van der Waals surface area (Å²) in [7, 11) is 0. The van der Waals surface area contributed by atoms with Gasteiger partial charge in [0.1, 0.15) is 17.8 Å². The van der Waals surface area contributed by atoms with Crippen LogP contribution in [0.4, 0.5) is 0 Å². The molecule has 0 amide bonds. The number of halogens is 1. The van der Waals surface area contributed by atoms with Gasteiger partial charge in [-0.15, -0.1) is 0 Å². The molecule has 0 radical (unpaired) electrons. The fourth-order valence-corrected chi connectivity index (χ4v) is 3.05. The summed E-state index contributed by atoms with van der Waals surface area (Å²) in [6.07, 6.45) is 5.68. The molecule has 0 atom stereocenters. The average Bonchev–Trinajstić information content (AvgIpc) is 2.49. The van der Waals surface area contributed by atoms with Crippen molar-refractivity contribution in [1.82, 2.24) is 0 Å². The second-order valence-corrected chi connectivity index (χ2v) is 5.90. The van der Waals surface area contributed by atoms with Crippen LogP contribution >= 0.6 is 15.9 Å². The van der Waals surface area contributed by atoms with E-state index >= 15 is 0 Å². The third-order valence-corrected chi connectivity index (χ3v) is 4.26. The van der Waals surface area contributed by atoms with E-state index in [0.29, 0.717) is 5.56 Å². The Morgan fingerprint density at radius 2 is 1.80 bits per heavy atom. The van der Waals surface area contributed by atoms with E-state index in [0.717, 1.165) is 28.7 Å². The molecular formula is C17H15BrO2. The first-order valence-electron chi connectivity index (χ1n) is 6.80. The Kier molecular flexibility index (Phi) is 3.88. The lowest BCUT2D eigenvalue weighted by molar-refractivity contribution is 0.112. The van der Waals surface area contributed by atoms with E-state index in [9.17, 15) is 4.79 Å². The average molecular weight is 331 g/mol. The van der Waals surface area contributed by atoms with Crippen LogP contribution in [0.15, 0.2) is 40.9 Å². The molecule has 0 fully saturated rings. The highest BCUT2D eigenvalue weighted by Gasteiger charge is 2.11. The van der Waals surface area contributed by atoms with E-state index in [1.54, 1.807) is 12.1 Å². The second kappa shape index (κ2) is 5.80. The molecule has 3 rings (SSSR count). The molecule has 1 aliphatic carbocycles. The Balaban J connectivity index is 1.86. The number of benzene rings is 2. The van der Waals surface area contributed by atoms with E-state index in [1.165, 1.54) is 30.4 Å². The maximum absolute atomic E-state index is 10.7. The van der Waals surface area contributed by atoms with E-state index in [4.69, 9.17) is 4.74 Å². The lowest BCUT2D eigenvalue weighted by Gasteiger charge is -2.17. The summed E-state index contributed by atoms with van der Waals surface area (Å²) in [5.74, 6) is 1.58. The molecular weight excluding hydrogens is 316 g/mol. The molecule has 102 valence electrons. The Morgan fingerprint density at radius 1 is 1.00 bits per heavy atom. The highest BCUT2D eigenvalue weighted by Crippen LogP contribution is 2.32. The van der Waals surface area contributed by atoms with Gasteiger partial charge in [0.05, 0.1) is 4.47 Å². The van der Waals surface area contributed by atoms with Crippen LogP contribution in [-0.4, -0.2) is 6.29 Å². The van der Waals surface area contributed by atoms with Crippen molar-refractivity contribution in [3.63, 3.8) is 0 Å². The van der Waals surface area contributed by atoms with Crippen LogP contribution in [0.1, 0.15) is 34.3 Å². The van der Waals surface area contributed by atoms with Crippen LogP contribution in [0.2, 0.25) is 0 Å². The SMILES string of the molecule is O=Cc1ccc(Oc2ccc3c(c2)CCCC3)c(Br)c1. The van der Waals surface area contributed by atoms with Gasteiger partial charge in [0.25, 0.3) is 0 Å². The van der Waals surface area contributed by atoms with E-state index in [2.05, 4.69) is 28.1 Å². The van der Waals surface area contributed by atoms with Gasteiger partial charge in [-0.1, -0.05) is 6.07 Å². The van der Waals surface area contributed by atoms with E-state index in [1.807, 2.05) is 12.1 Å². The normalized spacial score (nSPS) is 13.7. The molecule has 20 heavy (non-hydrogen) atoms. The van der Waals surface area contributed by atoms with Gasteiger partial charge < -0.3 is 4.74 Å². The third kappa shape index (κ3) is 2.78. The second-order valence-electron chi connectivity index (χ2n) is 5.05. The molecule has 3 heteroatoms. The number of ether oxygens (including phenoxy) is 1. The van der Waals surface area contributed by atoms with Crippen molar-refractivity contribution in [3.05, 3.63) is 57.6 Å². The first-order chi connectivity index (χ1) is 9.76. The molecule has 2 aromatic rings. The van der Waals surface area contributed by atoms with E-state index < -0.39 is 0 Å². The Hall–Kier alpha value is -1.61. The van der Waals surface area contributed by atoms with Gasteiger partial charge in [-0.3, -0.25) is 4.79 Å². The van der Waals surface area contributed by atoms with Crippen LogP contribution < -0.4 is 4.74 Å². The van der Waals surface area contributed by atoms with Gasteiger partial charge in [-0.25, -0.2) is 0 Å². The molecule has 0 unspecified atom stereocenters. The summed E-state index contributed by atoms with van der Waals surface area (Å²) in [4.78, 5) is 10.7. The highest BCUT2D eigenvalue weighted by molar-refractivity contribution is 9.10. The fraction of sp³-hybridized carbons (Fsp3) is 0.235. The largest absolute Gasteiger partial charge is 0.456 e. The lowest BCUT2D eigenvalue weighted by Crippen LogP contribution is -2.02. The van der Waals surface area contributed by atoms with Crippen molar-refractivity contribution in [2.45, 2.75) is 25.7 Å². The zero-order chi connectivity index (χ0) is 13.9. The smallest absolute Gasteiger partial charge is 0.150 e. The zero-order valence-electron chi connectivity index (χ0n) is 11.1. The predicted molar refractivity (Wildman–Crippen MR) is 82.7 cm³/mol. The maximum Gasteiger partial charge on any atom is 0.150 e. The van der Waals surface area contributed by atoms with Gasteiger partial charge in [0.15, 0.2) is 0 Å². The first kappa shape index (κ1) is 13.4. The molecule has 2 aromatic carbocycles. The van der Waals surface area contributed by atoms with Crippen molar-refractivity contribution in [2.24, 2.45) is 0 Å². The highest BCUT2D eigenvalue weighted by atomic mass is 79.9. The molecule has 0 bridgehead atoms. The summed E-state index contributed by atoms with van der Waals surface area (Å²) in [6.45, 7) is 0. The van der Waals surface area contributed by atoms with Gasteiger partial charge in [-0.05, 0) is 83.1 Å². The number of carbonyl (C=O) groups excluding carboxylic acids is 1. The van der Waals surface area contributed by atoms with Crippen LogP contribution in [0, 0.1) is 0 Å². The van der Waals surface area contributed by atoms with Gasteiger partial charge in [-0.2, -0.15) is 0 Å². The van der Waals surface area contributed by atoms with Gasteiger partial charge >= 0.3 is 0 Å². The molecule has 0 heterocycles. The van der Waals surface area contributed by atoms with Crippen LogP contribution in [-0.2, 0) is 12.8 Å². The quantitative estimate of drug-likeness (QED) is 0.745. The van der Waals surface area contributed by atoms with Gasteiger partial charge in [0, 0.05) is 5.56 Å². The zero-order valence-corrected chi connectivity index (χ0v) is 12.7. The molecule has 0 saturated heterocycles. The topological polar surface area (TPSA) is 26.3 Å². The number of hydrogen-bond donors (Lipinski definition) is 0. The molecule has 0 aromatic heterocycles. The molecule has 2 nitrogen and oxygen atoms in total. The predicted octanol–water partition coefficient (Wildman–Crippen LogP) is 4.93. The minimum absolute atomic E-state index is 0.634. The number of hydrogen-bond acceptors (Lipinski definition) is 2. The molecule has 1 aliphatic rings. The summed E-state index contributed by atoms with van der Waals surface area (Å²) >= 11 is 3.44. The summed E-state index contributed by atoms with van der Waals surface area (Å²) in [6, 6.07) is 11.6. The number of rotatable bonds is 3. The minimum atomic E-state index is 0.634. The minimum Gasteiger partial charge on any atom is -0.456 e. The monoisotopic (exact) mass is 330 g/mol. The Bertz CT molecular complexity index is 649. The van der Waals surface area contributed by atoms with Crippen LogP contribution in [0.5, 0.6) is 11.5 Å². The molecule has 0 saturated carbocycles. The summed E-state index contributed by atoms with van der Waals surface area (Å²) < 4.78 is 6.70. The standard InChI is InChI=1S/C17H15BrO2/c18-16-9-12(11-19)5-8-17(16)20-15-7-6-13-3-1-2-4-14(13)10-15/h5-11H,1-4H2. The van der Waals surface area contributed by atoms with Crippen molar-refractivity contribution >= 4 is 22.2 Å². The summed E-state index contributed by atoms with van der Waals surface area (Å²) in [5.41, 5.74) is 3.48. The Morgan fingerprint density at radius 3 is 2.55 bits per heavy atom. The third-order valence-electron chi connectivity index (χ3n) is 3.64. The lowest BCUT2D eigenvalue weighted by atomic mass is 9.92. The number of aldehydes is 1. The van der Waals surface area contributed by atoms with Crippen molar-refractivity contribution in [1.29, 1.82) is 0 Å². The summed E-state index contributed by atoms with van der Waals surface area (Å²) in [5, 5.41) is 0. The number of aryl methyl sites for hydroxylation is 2. The van der Waals surface area contributed by atoms with Crippen molar-refractivity contribution < 1.29 is 9.53 Å².